The van der Waals surface area contributed by atoms with Crippen molar-refractivity contribution in [1.82, 2.24) is 0 Å². The fraction of sp³-hybridized carbons (Fsp3) is 0.308. The minimum Gasteiger partial charge on any atom is -0.108 e. The summed E-state index contributed by atoms with van der Waals surface area (Å²) in [7, 11) is 0.871. The van der Waals surface area contributed by atoms with E-state index in [2.05, 4.69) is 77.5 Å². The quantitative estimate of drug-likeness (QED) is 0.283. The van der Waals surface area contributed by atoms with Crippen LogP contribution < -0.4 is 0 Å². The Morgan fingerprint density at radius 3 is 2.07 bits per heavy atom. The standard InChI is InChI=1S/C26H35B/c1-10-13-19(6)26(12-3)20(7)16-24(25(11-2)18(4)5)17-21(8)27-22(9)23-14-15-23/h10-13,16-17,23,27H,3-4,8-9,14-15H2,1-2,5-7H3/b13-10-,20-16+,24-17-,25-11-,26-19+. The third kappa shape index (κ3) is 7.10. The Bertz CT molecular complexity index is 771. The van der Waals surface area contributed by atoms with Gasteiger partial charge in [-0.25, -0.2) is 0 Å². The maximum atomic E-state index is 4.29. The van der Waals surface area contributed by atoms with Gasteiger partial charge in [0.05, 0.1) is 0 Å². The van der Waals surface area contributed by atoms with Crippen molar-refractivity contribution in [2.45, 2.75) is 47.5 Å². The van der Waals surface area contributed by atoms with Crippen LogP contribution in [0, 0.1) is 5.92 Å². The second-order valence-corrected chi connectivity index (χ2v) is 7.48. The average Bonchev–Trinajstić information content (AvgIpc) is 3.40. The van der Waals surface area contributed by atoms with Gasteiger partial charge in [0, 0.05) is 0 Å². The van der Waals surface area contributed by atoms with E-state index in [-0.39, 0.29) is 0 Å². The van der Waals surface area contributed by atoms with Crippen molar-refractivity contribution in [2.75, 3.05) is 0 Å². The summed E-state index contributed by atoms with van der Waals surface area (Å²) in [4.78, 5) is 0. The lowest BCUT2D eigenvalue weighted by Crippen LogP contribution is -2.01. The summed E-state index contributed by atoms with van der Waals surface area (Å²) in [5.74, 6) is 0.706. The first kappa shape index (κ1) is 22.8. The zero-order chi connectivity index (χ0) is 20.6. The van der Waals surface area contributed by atoms with Crippen LogP contribution in [-0.2, 0) is 0 Å². The van der Waals surface area contributed by atoms with Gasteiger partial charge in [0.25, 0.3) is 0 Å². The summed E-state index contributed by atoms with van der Waals surface area (Å²) in [6, 6.07) is 0. The van der Waals surface area contributed by atoms with Gasteiger partial charge in [0.15, 0.2) is 7.28 Å². The number of hydrogen-bond donors (Lipinski definition) is 0. The van der Waals surface area contributed by atoms with Crippen LogP contribution in [0.15, 0.2) is 107 Å². The molecule has 0 bridgehead atoms. The first-order valence-electron chi connectivity index (χ1n) is 9.79. The predicted octanol–water partition coefficient (Wildman–Crippen LogP) is 7.33. The molecule has 1 saturated carbocycles. The van der Waals surface area contributed by atoms with E-state index in [0.29, 0.717) is 5.92 Å². The normalized spacial score (nSPS) is 16.9. The zero-order valence-electron chi connectivity index (χ0n) is 18.0. The molecule has 1 aliphatic carbocycles. The van der Waals surface area contributed by atoms with E-state index in [4.69, 9.17) is 0 Å². The van der Waals surface area contributed by atoms with Crippen LogP contribution in [0.25, 0.3) is 0 Å². The molecule has 0 unspecified atom stereocenters. The first-order valence-corrected chi connectivity index (χ1v) is 9.79. The summed E-state index contributed by atoms with van der Waals surface area (Å²) < 4.78 is 0. The summed E-state index contributed by atoms with van der Waals surface area (Å²) >= 11 is 0. The van der Waals surface area contributed by atoms with Crippen molar-refractivity contribution in [2.24, 2.45) is 5.92 Å². The van der Waals surface area contributed by atoms with Crippen molar-refractivity contribution in [3.63, 3.8) is 0 Å². The van der Waals surface area contributed by atoms with Crippen molar-refractivity contribution in [3.8, 4) is 0 Å². The molecule has 0 aromatic rings. The number of allylic oxidation sites excluding steroid dienone is 14. The van der Waals surface area contributed by atoms with E-state index in [1.807, 2.05) is 19.9 Å². The van der Waals surface area contributed by atoms with Gasteiger partial charge in [-0.1, -0.05) is 60.7 Å². The molecule has 1 heteroatoms. The maximum Gasteiger partial charge on any atom is 0.185 e. The van der Waals surface area contributed by atoms with Gasteiger partial charge >= 0.3 is 0 Å². The highest BCUT2D eigenvalue weighted by atomic mass is 14.2. The molecule has 1 fully saturated rings. The second kappa shape index (κ2) is 10.8. The molecule has 0 aliphatic heterocycles. The molecule has 0 saturated heterocycles. The van der Waals surface area contributed by atoms with Crippen LogP contribution >= 0.6 is 0 Å². The monoisotopic (exact) mass is 358 g/mol. The Morgan fingerprint density at radius 2 is 1.63 bits per heavy atom. The lowest BCUT2D eigenvalue weighted by molar-refractivity contribution is 1.09. The molecular formula is C26H35B. The third-order valence-corrected chi connectivity index (χ3v) is 4.87. The van der Waals surface area contributed by atoms with Gasteiger partial charge in [-0.05, 0) is 81.2 Å². The van der Waals surface area contributed by atoms with Crippen LogP contribution in [-0.4, -0.2) is 7.28 Å². The van der Waals surface area contributed by atoms with Crippen LogP contribution in [0.2, 0.25) is 0 Å². The molecular weight excluding hydrogens is 323 g/mol. The zero-order valence-corrected chi connectivity index (χ0v) is 18.0. The Labute approximate surface area is 168 Å². The van der Waals surface area contributed by atoms with Gasteiger partial charge in [-0.2, -0.15) is 0 Å². The molecule has 142 valence electrons. The highest BCUT2D eigenvalue weighted by molar-refractivity contribution is 6.54. The van der Waals surface area contributed by atoms with Gasteiger partial charge in [-0.3, -0.25) is 0 Å². The lowest BCUT2D eigenvalue weighted by Gasteiger charge is -2.13. The van der Waals surface area contributed by atoms with Crippen LogP contribution in [0.5, 0.6) is 0 Å². The van der Waals surface area contributed by atoms with E-state index in [0.717, 1.165) is 35.0 Å². The molecule has 1 aliphatic rings. The van der Waals surface area contributed by atoms with Crippen molar-refractivity contribution in [1.29, 1.82) is 0 Å². The maximum absolute atomic E-state index is 4.29. The predicted molar refractivity (Wildman–Crippen MR) is 126 cm³/mol. The SMILES string of the molecule is C=CC(/C(C)=C/C(=C/C(=C)BC(=C)C1CC1)C(=C\C)/C(=C)C)=C(C)\C=C/C. The molecule has 0 spiro atoms. The third-order valence-electron chi connectivity index (χ3n) is 4.87. The highest BCUT2D eigenvalue weighted by Gasteiger charge is 2.24. The van der Waals surface area contributed by atoms with Crippen molar-refractivity contribution < 1.29 is 0 Å². The van der Waals surface area contributed by atoms with E-state index >= 15 is 0 Å². The van der Waals surface area contributed by atoms with Crippen LogP contribution in [0.3, 0.4) is 0 Å². The topological polar surface area (TPSA) is 0 Å². The Kier molecular flexibility index (Phi) is 9.08. The molecule has 0 amide bonds. The minimum absolute atomic E-state index is 0.706. The summed E-state index contributed by atoms with van der Waals surface area (Å²) in [5, 5.41) is 0. The van der Waals surface area contributed by atoms with E-state index in [9.17, 15) is 0 Å². The van der Waals surface area contributed by atoms with Gasteiger partial charge in [0.2, 0.25) is 0 Å². The molecule has 0 aromatic heterocycles. The summed E-state index contributed by atoms with van der Waals surface area (Å²) in [5.41, 5.74) is 9.30. The summed E-state index contributed by atoms with van der Waals surface area (Å²) in [6.07, 6.45) is 15.2. The molecule has 1 rings (SSSR count). The van der Waals surface area contributed by atoms with Gasteiger partial charge < -0.3 is 0 Å². The molecule has 0 aromatic carbocycles. The van der Waals surface area contributed by atoms with Gasteiger partial charge in [-0.15, -0.1) is 18.6 Å². The molecule has 0 heterocycles. The highest BCUT2D eigenvalue weighted by Crippen LogP contribution is 2.35. The smallest absolute Gasteiger partial charge is 0.108 e. The Morgan fingerprint density at radius 1 is 1.00 bits per heavy atom. The van der Waals surface area contributed by atoms with Crippen LogP contribution in [0.4, 0.5) is 0 Å². The van der Waals surface area contributed by atoms with Gasteiger partial charge in [0.1, 0.15) is 0 Å². The number of rotatable bonds is 10. The molecule has 0 N–H and O–H groups in total. The largest absolute Gasteiger partial charge is 0.185 e. The second-order valence-electron chi connectivity index (χ2n) is 7.48. The molecule has 0 nitrogen and oxygen atoms in total. The average molecular weight is 358 g/mol. The first-order chi connectivity index (χ1) is 12.7. The minimum atomic E-state index is 0.706. The fourth-order valence-corrected chi connectivity index (χ4v) is 3.34. The molecule has 0 atom stereocenters. The van der Waals surface area contributed by atoms with E-state index < -0.39 is 0 Å². The number of hydrogen-bond acceptors (Lipinski definition) is 0. The lowest BCUT2D eigenvalue weighted by atomic mass is 9.61. The summed E-state index contributed by atoms with van der Waals surface area (Å²) in [6.45, 7) is 27.1. The van der Waals surface area contributed by atoms with Crippen LogP contribution in [0.1, 0.15) is 47.5 Å². The van der Waals surface area contributed by atoms with E-state index in [1.54, 1.807) is 0 Å². The van der Waals surface area contributed by atoms with E-state index in [1.165, 1.54) is 29.5 Å². The molecule has 0 radical (unpaired) electrons. The van der Waals surface area contributed by atoms with Crippen molar-refractivity contribution in [3.05, 3.63) is 107 Å². The fourth-order valence-electron chi connectivity index (χ4n) is 3.34. The molecule has 27 heavy (non-hydrogen) atoms. The van der Waals surface area contributed by atoms with Crippen molar-refractivity contribution >= 4 is 7.28 Å². The Hall–Kier alpha value is -2.28. The Balaban J connectivity index is 3.32.